The molecule has 0 atom stereocenters. The lowest BCUT2D eigenvalue weighted by Crippen LogP contribution is -2.37. The number of H-pyrrole nitrogens is 1. The van der Waals surface area contributed by atoms with Gasteiger partial charge in [-0.1, -0.05) is 0 Å². The maximum absolute atomic E-state index is 5.25. The Bertz CT molecular complexity index is 329. The van der Waals surface area contributed by atoms with Crippen LogP contribution in [0.15, 0.2) is 4.42 Å². The normalized spacial score (nSPS) is 18.6. The largest absolute Gasteiger partial charge is 0.414 e. The summed E-state index contributed by atoms with van der Waals surface area (Å²) in [5.74, 6) is 0.682. The molecule has 1 aliphatic heterocycles. The molecule has 1 fully saturated rings. The summed E-state index contributed by atoms with van der Waals surface area (Å²) in [6, 6.07) is 0. The maximum atomic E-state index is 5.25. The molecule has 1 aromatic heterocycles. The number of rotatable bonds is 3. The summed E-state index contributed by atoms with van der Waals surface area (Å²) >= 11 is 4.79. The van der Waals surface area contributed by atoms with Gasteiger partial charge < -0.3 is 9.15 Å². The number of nitrogens with zero attached hydrogens (tertiary/aromatic N) is 2. The molecular weight excluding hydrogens is 202 g/mol. The van der Waals surface area contributed by atoms with Crippen molar-refractivity contribution in [2.24, 2.45) is 0 Å². The van der Waals surface area contributed by atoms with E-state index in [0.717, 1.165) is 39.3 Å². The molecule has 0 unspecified atom stereocenters. The lowest BCUT2D eigenvalue weighted by Gasteiger charge is -2.25. The van der Waals surface area contributed by atoms with Crippen LogP contribution >= 0.6 is 12.2 Å². The van der Waals surface area contributed by atoms with Gasteiger partial charge in [-0.3, -0.25) is 4.90 Å². The molecule has 2 heterocycles. The summed E-state index contributed by atoms with van der Waals surface area (Å²) < 4.78 is 10.4. The molecule has 78 valence electrons. The third-order valence-corrected chi connectivity index (χ3v) is 2.40. The number of morpholine rings is 1. The van der Waals surface area contributed by atoms with Crippen molar-refractivity contribution in [3.63, 3.8) is 0 Å². The van der Waals surface area contributed by atoms with E-state index in [1.165, 1.54) is 0 Å². The zero-order valence-electron chi connectivity index (χ0n) is 7.86. The monoisotopic (exact) mass is 215 g/mol. The summed E-state index contributed by atoms with van der Waals surface area (Å²) in [4.78, 5) is 2.68. The second kappa shape index (κ2) is 4.68. The van der Waals surface area contributed by atoms with E-state index >= 15 is 0 Å². The number of aromatic amines is 1. The number of aromatic nitrogens is 2. The average molecular weight is 215 g/mol. The first-order valence-corrected chi connectivity index (χ1v) is 5.10. The molecular formula is C8H13N3O2S. The first kappa shape index (κ1) is 9.82. The minimum absolute atomic E-state index is 0.349. The molecule has 1 aliphatic rings. The Kier molecular flexibility index (Phi) is 3.28. The molecule has 14 heavy (non-hydrogen) atoms. The van der Waals surface area contributed by atoms with Gasteiger partial charge in [-0.2, -0.15) is 0 Å². The Morgan fingerprint density at radius 2 is 2.21 bits per heavy atom. The number of hydrogen-bond acceptors (Lipinski definition) is 5. The number of hydrogen-bond donors (Lipinski definition) is 1. The summed E-state index contributed by atoms with van der Waals surface area (Å²) in [5, 5.41) is 6.56. The van der Waals surface area contributed by atoms with Crippen LogP contribution in [0, 0.1) is 4.84 Å². The van der Waals surface area contributed by atoms with Crippen LogP contribution in [-0.2, 0) is 11.2 Å². The minimum atomic E-state index is 0.349. The molecule has 1 aromatic rings. The van der Waals surface area contributed by atoms with Crippen molar-refractivity contribution < 1.29 is 9.15 Å². The molecule has 0 amide bonds. The first-order chi connectivity index (χ1) is 6.84. The van der Waals surface area contributed by atoms with Gasteiger partial charge in [0.15, 0.2) is 0 Å². The van der Waals surface area contributed by atoms with Crippen LogP contribution in [0.5, 0.6) is 0 Å². The smallest absolute Gasteiger partial charge is 0.284 e. The minimum Gasteiger partial charge on any atom is -0.414 e. The molecule has 2 rings (SSSR count). The van der Waals surface area contributed by atoms with Crippen LogP contribution in [-0.4, -0.2) is 47.9 Å². The molecule has 0 radical (unpaired) electrons. The second-order valence-electron chi connectivity index (χ2n) is 3.21. The van der Waals surface area contributed by atoms with E-state index in [4.69, 9.17) is 21.4 Å². The van der Waals surface area contributed by atoms with Gasteiger partial charge in [-0.15, -0.1) is 5.10 Å². The number of ether oxygens (including phenoxy) is 1. The van der Waals surface area contributed by atoms with Gasteiger partial charge in [0.2, 0.25) is 5.89 Å². The van der Waals surface area contributed by atoms with E-state index in [-0.39, 0.29) is 0 Å². The average Bonchev–Trinajstić information content (AvgIpc) is 2.63. The van der Waals surface area contributed by atoms with Gasteiger partial charge in [0.25, 0.3) is 4.84 Å². The fraction of sp³-hybridized carbons (Fsp3) is 0.750. The van der Waals surface area contributed by atoms with Crippen LogP contribution < -0.4 is 0 Å². The van der Waals surface area contributed by atoms with E-state index in [9.17, 15) is 0 Å². The summed E-state index contributed by atoms with van der Waals surface area (Å²) in [6.07, 6.45) is 0.799. The standard InChI is InChI=1S/C8H13N3O2S/c14-8-10-9-7(13-8)1-2-11-3-5-12-6-4-11/h1-6H2,(H,10,14). The summed E-state index contributed by atoms with van der Waals surface area (Å²) in [5.41, 5.74) is 0. The van der Waals surface area contributed by atoms with Crippen molar-refractivity contribution in [2.75, 3.05) is 32.8 Å². The predicted octanol–water partition coefficient (Wildman–Crippen LogP) is 0.607. The second-order valence-corrected chi connectivity index (χ2v) is 3.58. The zero-order chi connectivity index (χ0) is 9.80. The van der Waals surface area contributed by atoms with Crippen LogP contribution in [0.1, 0.15) is 5.89 Å². The Morgan fingerprint density at radius 1 is 1.43 bits per heavy atom. The van der Waals surface area contributed by atoms with Crippen LogP contribution in [0.25, 0.3) is 0 Å². The highest BCUT2D eigenvalue weighted by Crippen LogP contribution is 2.01. The molecule has 1 N–H and O–H groups in total. The topological polar surface area (TPSA) is 54.3 Å². The molecule has 0 aliphatic carbocycles. The first-order valence-electron chi connectivity index (χ1n) is 4.69. The Morgan fingerprint density at radius 3 is 2.86 bits per heavy atom. The highest BCUT2D eigenvalue weighted by atomic mass is 32.1. The Labute approximate surface area is 87.0 Å². The molecule has 0 aromatic carbocycles. The van der Waals surface area contributed by atoms with Crippen molar-refractivity contribution >= 4 is 12.2 Å². The molecule has 0 spiro atoms. The third kappa shape index (κ3) is 2.63. The number of nitrogens with one attached hydrogen (secondary N) is 1. The van der Waals surface area contributed by atoms with E-state index in [2.05, 4.69) is 15.1 Å². The van der Waals surface area contributed by atoms with Crippen molar-refractivity contribution in [1.82, 2.24) is 15.1 Å². The third-order valence-electron chi connectivity index (χ3n) is 2.23. The zero-order valence-corrected chi connectivity index (χ0v) is 8.68. The lowest BCUT2D eigenvalue weighted by atomic mass is 10.3. The summed E-state index contributed by atoms with van der Waals surface area (Å²) in [7, 11) is 0. The highest BCUT2D eigenvalue weighted by molar-refractivity contribution is 7.71. The van der Waals surface area contributed by atoms with Crippen LogP contribution in [0.3, 0.4) is 0 Å². The van der Waals surface area contributed by atoms with Gasteiger partial charge in [-0.05, 0) is 12.2 Å². The van der Waals surface area contributed by atoms with E-state index in [1.54, 1.807) is 0 Å². The lowest BCUT2D eigenvalue weighted by molar-refractivity contribution is 0.0377. The Balaban J connectivity index is 1.78. The fourth-order valence-corrected chi connectivity index (χ4v) is 1.59. The van der Waals surface area contributed by atoms with E-state index in [1.807, 2.05) is 0 Å². The van der Waals surface area contributed by atoms with Gasteiger partial charge in [0, 0.05) is 26.1 Å². The van der Waals surface area contributed by atoms with Gasteiger partial charge >= 0.3 is 0 Å². The molecule has 1 saturated heterocycles. The SMILES string of the molecule is S=c1[nH]nc(CCN2CCOCC2)o1. The highest BCUT2D eigenvalue weighted by Gasteiger charge is 2.11. The van der Waals surface area contributed by atoms with Gasteiger partial charge in [-0.25, -0.2) is 5.10 Å². The fourth-order valence-electron chi connectivity index (χ4n) is 1.45. The van der Waals surface area contributed by atoms with Gasteiger partial charge in [0.1, 0.15) is 0 Å². The van der Waals surface area contributed by atoms with E-state index in [0.29, 0.717) is 10.7 Å². The van der Waals surface area contributed by atoms with Gasteiger partial charge in [0.05, 0.1) is 13.2 Å². The molecule has 5 nitrogen and oxygen atoms in total. The van der Waals surface area contributed by atoms with Crippen LogP contribution in [0.4, 0.5) is 0 Å². The quantitative estimate of drug-likeness (QED) is 0.749. The molecule has 0 saturated carbocycles. The molecule has 0 bridgehead atoms. The van der Waals surface area contributed by atoms with Crippen molar-refractivity contribution in [1.29, 1.82) is 0 Å². The molecule has 6 heteroatoms. The Hall–Kier alpha value is -0.720. The van der Waals surface area contributed by atoms with Crippen molar-refractivity contribution in [3.05, 3.63) is 10.7 Å². The van der Waals surface area contributed by atoms with Crippen LogP contribution in [0.2, 0.25) is 0 Å². The van der Waals surface area contributed by atoms with Crippen molar-refractivity contribution in [2.45, 2.75) is 6.42 Å². The summed E-state index contributed by atoms with van der Waals surface area (Å²) in [6.45, 7) is 4.58. The predicted molar refractivity (Wildman–Crippen MR) is 52.7 cm³/mol. The van der Waals surface area contributed by atoms with E-state index < -0.39 is 0 Å². The van der Waals surface area contributed by atoms with Crippen molar-refractivity contribution in [3.8, 4) is 0 Å². The maximum Gasteiger partial charge on any atom is 0.284 e.